The van der Waals surface area contributed by atoms with Crippen molar-refractivity contribution in [1.82, 2.24) is 34.5 Å². The van der Waals surface area contributed by atoms with Gasteiger partial charge in [-0.25, -0.2) is 9.97 Å². The molecule has 8 heteroatoms. The Morgan fingerprint density at radius 3 is 2.44 bits per heavy atom. The summed E-state index contributed by atoms with van der Waals surface area (Å²) >= 11 is 0. The second kappa shape index (κ2) is 6.34. The summed E-state index contributed by atoms with van der Waals surface area (Å²) in [5.74, 6) is 1.99. The predicted octanol–water partition coefficient (Wildman–Crippen LogP) is 0.409. The Balaban J connectivity index is 1.10. The third-order valence-electron chi connectivity index (χ3n) is 5.56. The highest BCUT2D eigenvalue weighted by atomic mass is 15.4. The van der Waals surface area contributed by atoms with Gasteiger partial charge in [0.05, 0.1) is 6.54 Å². The van der Waals surface area contributed by atoms with E-state index in [0.717, 1.165) is 57.6 Å². The summed E-state index contributed by atoms with van der Waals surface area (Å²) in [6.45, 7) is 7.42. The molecule has 25 heavy (non-hydrogen) atoms. The van der Waals surface area contributed by atoms with Crippen LogP contribution in [0.1, 0.15) is 24.7 Å². The molecule has 2 aromatic rings. The zero-order valence-corrected chi connectivity index (χ0v) is 14.4. The number of hydrogen-bond donors (Lipinski definition) is 0. The summed E-state index contributed by atoms with van der Waals surface area (Å²) in [7, 11) is 0. The number of likely N-dealkylation sites (tertiary alicyclic amines) is 1. The van der Waals surface area contributed by atoms with Gasteiger partial charge in [-0.2, -0.15) is 0 Å². The Morgan fingerprint density at radius 2 is 1.72 bits per heavy atom. The molecule has 3 aliphatic rings. The average Bonchev–Trinajstić information content (AvgIpc) is 3.37. The smallest absolute Gasteiger partial charge is 0.225 e. The molecule has 0 radical (unpaired) electrons. The van der Waals surface area contributed by atoms with Crippen molar-refractivity contribution in [3.63, 3.8) is 0 Å². The molecular weight excluding hydrogens is 316 g/mol. The molecule has 8 nitrogen and oxygen atoms in total. The fraction of sp³-hybridized carbons (Fsp3) is 0.647. The highest BCUT2D eigenvalue weighted by Gasteiger charge is 2.35. The van der Waals surface area contributed by atoms with Gasteiger partial charge in [0.2, 0.25) is 5.95 Å². The van der Waals surface area contributed by atoms with E-state index in [9.17, 15) is 0 Å². The minimum absolute atomic E-state index is 0.662. The Labute approximate surface area is 147 Å². The topological polar surface area (TPSA) is 66.2 Å². The van der Waals surface area contributed by atoms with Gasteiger partial charge >= 0.3 is 0 Å². The molecule has 0 N–H and O–H groups in total. The molecule has 2 saturated heterocycles. The summed E-state index contributed by atoms with van der Waals surface area (Å²) in [5, 5.41) is 8.42. The Kier molecular flexibility index (Phi) is 3.86. The summed E-state index contributed by atoms with van der Waals surface area (Å²) in [5.41, 5.74) is 0. The summed E-state index contributed by atoms with van der Waals surface area (Å²) < 4.78 is 2.27. The van der Waals surface area contributed by atoms with E-state index in [0.29, 0.717) is 12.1 Å². The quantitative estimate of drug-likeness (QED) is 0.781. The number of piperazine rings is 1. The molecule has 1 aliphatic carbocycles. The number of nitrogens with zero attached hydrogens (tertiary/aromatic N) is 8. The maximum atomic E-state index is 4.36. The lowest BCUT2D eigenvalue weighted by atomic mass is 10.1. The minimum Gasteiger partial charge on any atom is -0.338 e. The fourth-order valence-corrected chi connectivity index (χ4v) is 3.88. The monoisotopic (exact) mass is 340 g/mol. The molecule has 3 fully saturated rings. The maximum Gasteiger partial charge on any atom is 0.225 e. The van der Waals surface area contributed by atoms with Crippen LogP contribution in [-0.2, 0) is 6.54 Å². The van der Waals surface area contributed by atoms with Crippen molar-refractivity contribution in [2.75, 3.05) is 44.2 Å². The van der Waals surface area contributed by atoms with Crippen LogP contribution in [0.2, 0.25) is 0 Å². The van der Waals surface area contributed by atoms with Crippen molar-refractivity contribution < 1.29 is 0 Å². The zero-order valence-electron chi connectivity index (χ0n) is 14.4. The Morgan fingerprint density at radius 1 is 0.960 bits per heavy atom. The van der Waals surface area contributed by atoms with Crippen LogP contribution < -0.4 is 4.90 Å². The van der Waals surface area contributed by atoms with E-state index in [1.54, 1.807) is 0 Å². The molecule has 4 heterocycles. The van der Waals surface area contributed by atoms with Crippen molar-refractivity contribution in [3.8, 4) is 0 Å². The summed E-state index contributed by atoms with van der Waals surface area (Å²) in [4.78, 5) is 16.1. The van der Waals surface area contributed by atoms with E-state index in [-0.39, 0.29) is 0 Å². The van der Waals surface area contributed by atoms with Crippen molar-refractivity contribution in [1.29, 1.82) is 0 Å². The molecular formula is C17H24N8. The van der Waals surface area contributed by atoms with E-state index in [1.807, 2.05) is 24.8 Å². The van der Waals surface area contributed by atoms with Crippen LogP contribution in [0.25, 0.3) is 0 Å². The van der Waals surface area contributed by atoms with Gasteiger partial charge in [0.15, 0.2) is 0 Å². The van der Waals surface area contributed by atoms with Crippen LogP contribution in [0.15, 0.2) is 24.8 Å². The van der Waals surface area contributed by atoms with Crippen molar-refractivity contribution in [2.24, 2.45) is 0 Å². The van der Waals surface area contributed by atoms with Gasteiger partial charge in [0, 0.05) is 63.7 Å². The largest absolute Gasteiger partial charge is 0.338 e. The first-order chi connectivity index (χ1) is 12.4. The van der Waals surface area contributed by atoms with E-state index in [2.05, 4.69) is 39.4 Å². The van der Waals surface area contributed by atoms with Gasteiger partial charge in [-0.05, 0) is 18.9 Å². The van der Waals surface area contributed by atoms with Gasteiger partial charge in [0.25, 0.3) is 0 Å². The predicted molar refractivity (Wildman–Crippen MR) is 93.2 cm³/mol. The first-order valence-corrected chi connectivity index (χ1v) is 9.23. The van der Waals surface area contributed by atoms with E-state index in [1.165, 1.54) is 12.8 Å². The number of aromatic nitrogens is 5. The molecule has 0 unspecified atom stereocenters. The fourth-order valence-electron chi connectivity index (χ4n) is 3.88. The summed E-state index contributed by atoms with van der Waals surface area (Å²) in [6.07, 6.45) is 8.10. The van der Waals surface area contributed by atoms with E-state index < -0.39 is 0 Å². The van der Waals surface area contributed by atoms with Gasteiger partial charge in [0.1, 0.15) is 12.2 Å². The third-order valence-corrected chi connectivity index (χ3v) is 5.56. The lowest BCUT2D eigenvalue weighted by Gasteiger charge is -2.48. The van der Waals surface area contributed by atoms with Crippen LogP contribution in [0.3, 0.4) is 0 Å². The Hall–Kier alpha value is -2.06. The molecule has 2 aromatic heterocycles. The maximum absolute atomic E-state index is 4.36. The highest BCUT2D eigenvalue weighted by Crippen LogP contribution is 2.35. The molecule has 0 bridgehead atoms. The lowest BCUT2D eigenvalue weighted by molar-refractivity contribution is 0.0232. The van der Waals surface area contributed by atoms with Crippen LogP contribution in [0.4, 0.5) is 5.95 Å². The first-order valence-electron chi connectivity index (χ1n) is 9.23. The summed E-state index contributed by atoms with van der Waals surface area (Å²) in [6, 6.07) is 3.21. The van der Waals surface area contributed by atoms with Gasteiger partial charge < -0.3 is 9.47 Å². The van der Waals surface area contributed by atoms with Crippen LogP contribution in [-0.4, -0.2) is 79.8 Å². The van der Waals surface area contributed by atoms with Crippen molar-refractivity contribution in [2.45, 2.75) is 31.5 Å². The molecule has 0 atom stereocenters. The number of rotatable bonds is 5. The number of hydrogen-bond acceptors (Lipinski definition) is 7. The lowest BCUT2D eigenvalue weighted by Crippen LogP contribution is -2.62. The van der Waals surface area contributed by atoms with Crippen molar-refractivity contribution >= 4 is 5.95 Å². The minimum atomic E-state index is 0.662. The molecule has 0 amide bonds. The zero-order chi connectivity index (χ0) is 16.6. The first kappa shape index (κ1) is 15.2. The van der Waals surface area contributed by atoms with Crippen LogP contribution >= 0.6 is 0 Å². The highest BCUT2D eigenvalue weighted by molar-refractivity contribution is 5.29. The molecule has 132 valence electrons. The van der Waals surface area contributed by atoms with E-state index >= 15 is 0 Å². The molecule has 2 aliphatic heterocycles. The van der Waals surface area contributed by atoms with Crippen molar-refractivity contribution in [3.05, 3.63) is 30.6 Å². The second-order valence-electron chi connectivity index (χ2n) is 7.31. The average molecular weight is 340 g/mol. The molecule has 1 saturated carbocycles. The standard InChI is InChI=1S/C17H24N8/c1-4-18-17(19-5-1)24-8-6-23(7-9-24)15-10-22(11-15)12-16-21-20-13-25(16)14-2-3-14/h1,4-5,13-15H,2-3,6-12H2. The number of anilines is 1. The normalized spacial score (nSPS) is 23.0. The molecule has 5 rings (SSSR count). The van der Waals surface area contributed by atoms with E-state index in [4.69, 9.17) is 0 Å². The van der Waals surface area contributed by atoms with Gasteiger partial charge in [-0.3, -0.25) is 9.80 Å². The SMILES string of the molecule is c1cnc(N2CCN(C3CN(Cc4nncn4C4CC4)C3)CC2)nc1. The second-order valence-corrected chi connectivity index (χ2v) is 7.31. The van der Waals surface area contributed by atoms with Crippen LogP contribution in [0, 0.1) is 0 Å². The molecule has 0 aromatic carbocycles. The Bertz CT molecular complexity index is 698. The third kappa shape index (κ3) is 3.11. The van der Waals surface area contributed by atoms with Crippen LogP contribution in [0.5, 0.6) is 0 Å². The molecule has 0 spiro atoms. The van der Waals surface area contributed by atoms with Gasteiger partial charge in [-0.15, -0.1) is 10.2 Å². The van der Waals surface area contributed by atoms with Gasteiger partial charge in [-0.1, -0.05) is 0 Å².